The fourth-order valence-corrected chi connectivity index (χ4v) is 1.66. The van der Waals surface area contributed by atoms with Crippen molar-refractivity contribution in [2.75, 3.05) is 33.7 Å². The van der Waals surface area contributed by atoms with Gasteiger partial charge in [0.15, 0.2) is 0 Å². The third-order valence-electron chi connectivity index (χ3n) is 2.53. The summed E-state index contributed by atoms with van der Waals surface area (Å²) in [5.41, 5.74) is 0. The lowest BCUT2D eigenvalue weighted by Gasteiger charge is -2.32. The van der Waals surface area contributed by atoms with Gasteiger partial charge in [-0.1, -0.05) is 6.92 Å². The van der Waals surface area contributed by atoms with Crippen molar-refractivity contribution in [1.82, 2.24) is 9.80 Å². The SMILES string of the molecule is CCCN(CCN(C)C)C(CC(=O)O)C(F)(F)F. The second-order valence-corrected chi connectivity index (χ2v) is 4.49. The number of carbonyl (C=O) groups is 1. The number of carboxylic acids is 1. The highest BCUT2D eigenvalue weighted by Crippen LogP contribution is 2.27. The fourth-order valence-electron chi connectivity index (χ4n) is 1.66. The molecule has 0 aromatic carbocycles. The van der Waals surface area contributed by atoms with Crippen molar-refractivity contribution in [2.24, 2.45) is 0 Å². The van der Waals surface area contributed by atoms with Gasteiger partial charge in [0.1, 0.15) is 6.04 Å². The molecule has 0 rings (SSSR count). The summed E-state index contributed by atoms with van der Waals surface area (Å²) < 4.78 is 38.6. The van der Waals surface area contributed by atoms with Crippen LogP contribution in [0.4, 0.5) is 13.2 Å². The van der Waals surface area contributed by atoms with Crippen LogP contribution in [0.2, 0.25) is 0 Å². The fraction of sp³-hybridized carbons (Fsp3) is 0.909. The van der Waals surface area contributed by atoms with Crippen LogP contribution >= 0.6 is 0 Å². The summed E-state index contributed by atoms with van der Waals surface area (Å²) in [5.74, 6) is -1.43. The molecule has 1 unspecified atom stereocenters. The first-order valence-corrected chi connectivity index (χ1v) is 5.85. The number of alkyl halides is 3. The predicted molar refractivity (Wildman–Crippen MR) is 62.5 cm³/mol. The smallest absolute Gasteiger partial charge is 0.404 e. The Hall–Kier alpha value is -0.820. The van der Waals surface area contributed by atoms with Crippen LogP contribution in [0.25, 0.3) is 0 Å². The predicted octanol–water partition coefficient (Wildman–Crippen LogP) is 1.67. The standard InChI is InChI=1S/C11H21F3N2O2/c1-4-5-16(7-6-15(2)3)9(8-10(17)18)11(12,13)14/h9H,4-8H2,1-3H3,(H,17,18). The van der Waals surface area contributed by atoms with Gasteiger partial charge in [0.05, 0.1) is 6.42 Å². The van der Waals surface area contributed by atoms with Crippen LogP contribution in [0.15, 0.2) is 0 Å². The maximum Gasteiger partial charge on any atom is 0.404 e. The molecule has 0 fully saturated rings. The highest BCUT2D eigenvalue weighted by Gasteiger charge is 2.44. The summed E-state index contributed by atoms with van der Waals surface area (Å²) in [5, 5.41) is 8.60. The van der Waals surface area contributed by atoms with E-state index in [1.54, 1.807) is 25.9 Å². The molecule has 0 saturated heterocycles. The minimum atomic E-state index is -4.51. The highest BCUT2D eigenvalue weighted by atomic mass is 19.4. The third-order valence-corrected chi connectivity index (χ3v) is 2.53. The molecule has 0 aliphatic carbocycles. The van der Waals surface area contributed by atoms with Crippen LogP contribution in [-0.2, 0) is 4.79 Å². The van der Waals surface area contributed by atoms with Crippen LogP contribution in [0.3, 0.4) is 0 Å². The molecule has 1 atom stereocenters. The summed E-state index contributed by atoms with van der Waals surface area (Å²) in [6.45, 7) is 2.69. The molecule has 0 aliphatic rings. The van der Waals surface area contributed by atoms with Gasteiger partial charge in [-0.3, -0.25) is 9.69 Å². The van der Waals surface area contributed by atoms with E-state index in [-0.39, 0.29) is 13.1 Å². The van der Waals surface area contributed by atoms with Crippen molar-refractivity contribution in [1.29, 1.82) is 0 Å². The Morgan fingerprint density at radius 2 is 1.78 bits per heavy atom. The molecule has 0 spiro atoms. The van der Waals surface area contributed by atoms with Crippen molar-refractivity contribution >= 4 is 5.97 Å². The number of rotatable bonds is 8. The Morgan fingerprint density at radius 3 is 2.11 bits per heavy atom. The van der Waals surface area contributed by atoms with Gasteiger partial charge in [-0.15, -0.1) is 0 Å². The number of carboxylic acid groups (broad SMARTS) is 1. The van der Waals surface area contributed by atoms with Gasteiger partial charge in [-0.2, -0.15) is 13.2 Å². The molecule has 108 valence electrons. The summed E-state index contributed by atoms with van der Waals surface area (Å²) >= 11 is 0. The van der Waals surface area contributed by atoms with Crippen molar-refractivity contribution in [3.05, 3.63) is 0 Å². The van der Waals surface area contributed by atoms with Crippen molar-refractivity contribution in [3.63, 3.8) is 0 Å². The van der Waals surface area contributed by atoms with Gasteiger partial charge < -0.3 is 10.0 Å². The molecule has 0 amide bonds. The van der Waals surface area contributed by atoms with E-state index in [1.807, 2.05) is 0 Å². The topological polar surface area (TPSA) is 43.8 Å². The van der Waals surface area contributed by atoms with Crippen LogP contribution in [0.5, 0.6) is 0 Å². The molecule has 1 N–H and O–H groups in total. The molecule has 0 aromatic rings. The lowest BCUT2D eigenvalue weighted by Crippen LogP contribution is -2.49. The maximum atomic E-state index is 12.9. The molecular weight excluding hydrogens is 249 g/mol. The number of aliphatic carboxylic acids is 1. The second-order valence-electron chi connectivity index (χ2n) is 4.49. The van der Waals surface area contributed by atoms with Crippen molar-refractivity contribution < 1.29 is 23.1 Å². The number of halogens is 3. The average Bonchev–Trinajstić information content (AvgIpc) is 2.19. The van der Waals surface area contributed by atoms with Crippen LogP contribution in [0, 0.1) is 0 Å². The monoisotopic (exact) mass is 270 g/mol. The summed E-state index contributed by atoms with van der Waals surface area (Å²) in [6, 6.07) is -1.91. The molecule has 0 heterocycles. The van der Waals surface area contributed by atoms with Crippen LogP contribution < -0.4 is 0 Å². The van der Waals surface area contributed by atoms with Crippen LogP contribution in [-0.4, -0.2) is 66.8 Å². The number of likely N-dealkylation sites (N-methyl/N-ethyl adjacent to an activating group) is 1. The Balaban J connectivity index is 4.79. The molecular formula is C11H21F3N2O2. The van der Waals surface area contributed by atoms with E-state index in [9.17, 15) is 18.0 Å². The first-order chi connectivity index (χ1) is 8.18. The molecule has 0 saturated carbocycles. The second kappa shape index (κ2) is 7.58. The average molecular weight is 270 g/mol. The lowest BCUT2D eigenvalue weighted by molar-refractivity contribution is -0.191. The van der Waals surface area contributed by atoms with Gasteiger partial charge >= 0.3 is 12.1 Å². The van der Waals surface area contributed by atoms with Gasteiger partial charge in [0, 0.05) is 13.1 Å². The van der Waals surface area contributed by atoms with Crippen molar-refractivity contribution in [2.45, 2.75) is 32.0 Å². The van der Waals surface area contributed by atoms with E-state index in [1.165, 1.54) is 4.90 Å². The number of hydrogen-bond donors (Lipinski definition) is 1. The first kappa shape index (κ1) is 17.2. The highest BCUT2D eigenvalue weighted by molar-refractivity contribution is 5.67. The zero-order valence-electron chi connectivity index (χ0n) is 11.0. The molecule has 0 aromatic heterocycles. The van der Waals surface area contributed by atoms with E-state index < -0.39 is 24.6 Å². The molecule has 7 heteroatoms. The van der Waals surface area contributed by atoms with Gasteiger partial charge in [-0.05, 0) is 27.1 Å². The minimum Gasteiger partial charge on any atom is -0.481 e. The molecule has 18 heavy (non-hydrogen) atoms. The number of hydrogen-bond acceptors (Lipinski definition) is 3. The Morgan fingerprint density at radius 1 is 1.22 bits per heavy atom. The van der Waals surface area contributed by atoms with Gasteiger partial charge in [0.25, 0.3) is 0 Å². The van der Waals surface area contributed by atoms with E-state index in [2.05, 4.69) is 0 Å². The zero-order valence-corrected chi connectivity index (χ0v) is 11.0. The van der Waals surface area contributed by atoms with Crippen molar-refractivity contribution in [3.8, 4) is 0 Å². The normalized spacial score (nSPS) is 14.2. The van der Waals surface area contributed by atoms with Gasteiger partial charge in [0.2, 0.25) is 0 Å². The summed E-state index contributed by atoms with van der Waals surface area (Å²) in [6.07, 6.45) is -4.86. The van der Waals surface area contributed by atoms with Gasteiger partial charge in [-0.25, -0.2) is 0 Å². The quantitative estimate of drug-likeness (QED) is 0.728. The van der Waals surface area contributed by atoms with Crippen LogP contribution in [0.1, 0.15) is 19.8 Å². The zero-order chi connectivity index (χ0) is 14.3. The number of nitrogens with zero attached hydrogens (tertiary/aromatic N) is 2. The minimum absolute atomic E-state index is 0.207. The molecule has 0 bridgehead atoms. The summed E-state index contributed by atoms with van der Waals surface area (Å²) in [7, 11) is 3.54. The van der Waals surface area contributed by atoms with E-state index in [4.69, 9.17) is 5.11 Å². The van der Waals surface area contributed by atoms with E-state index >= 15 is 0 Å². The van der Waals surface area contributed by atoms with E-state index in [0.717, 1.165) is 0 Å². The largest absolute Gasteiger partial charge is 0.481 e. The first-order valence-electron chi connectivity index (χ1n) is 5.85. The Bertz CT molecular complexity index is 257. The Kier molecular flexibility index (Phi) is 7.23. The summed E-state index contributed by atoms with van der Waals surface area (Å²) in [4.78, 5) is 13.5. The molecule has 0 aliphatic heterocycles. The maximum absolute atomic E-state index is 12.9. The Labute approximate surface area is 105 Å². The molecule has 4 nitrogen and oxygen atoms in total. The third kappa shape index (κ3) is 6.80. The molecule has 0 radical (unpaired) electrons. The van der Waals surface area contributed by atoms with E-state index in [0.29, 0.717) is 13.0 Å². The lowest BCUT2D eigenvalue weighted by atomic mass is 10.1.